The molecule has 0 radical (unpaired) electrons. The first kappa shape index (κ1) is 20.6. The maximum absolute atomic E-state index is 12.8. The summed E-state index contributed by atoms with van der Waals surface area (Å²) in [4.78, 5) is 23.7. The molecule has 0 saturated heterocycles. The Balaban J connectivity index is 1.39. The molecule has 0 atom stereocenters. The van der Waals surface area contributed by atoms with Crippen molar-refractivity contribution in [2.24, 2.45) is 0 Å². The zero-order valence-corrected chi connectivity index (χ0v) is 16.3. The van der Waals surface area contributed by atoms with Crippen molar-refractivity contribution in [3.05, 3.63) is 70.8 Å². The standard InChI is InChI=1S/C18H14ClFN4O4S/c19-12-3-1-11(2-4-12)17(26)23-21-15(25)10-29-18-24-22-16(28-18)9-27-14-7-5-13(20)6-8-14/h1-8H,9-10H2,(H,21,25)(H,23,26). The van der Waals surface area contributed by atoms with E-state index < -0.39 is 11.8 Å². The van der Waals surface area contributed by atoms with Crippen LogP contribution in [0.2, 0.25) is 5.02 Å². The third-order valence-corrected chi connectivity index (χ3v) is 4.44. The fraction of sp³-hybridized carbons (Fsp3) is 0.111. The van der Waals surface area contributed by atoms with Gasteiger partial charge in [0.05, 0.1) is 5.75 Å². The number of nitrogens with zero attached hydrogens (tertiary/aromatic N) is 2. The Labute approximate surface area is 173 Å². The minimum absolute atomic E-state index is 0.00252. The van der Waals surface area contributed by atoms with Crippen LogP contribution in [0.3, 0.4) is 0 Å². The first-order valence-electron chi connectivity index (χ1n) is 8.18. The van der Waals surface area contributed by atoms with E-state index in [9.17, 15) is 14.0 Å². The lowest BCUT2D eigenvalue weighted by molar-refractivity contribution is -0.119. The highest BCUT2D eigenvalue weighted by molar-refractivity contribution is 7.99. The molecular formula is C18H14ClFN4O4S. The van der Waals surface area contributed by atoms with Crippen LogP contribution >= 0.6 is 23.4 Å². The van der Waals surface area contributed by atoms with Crippen molar-refractivity contribution in [1.82, 2.24) is 21.0 Å². The van der Waals surface area contributed by atoms with Gasteiger partial charge in [-0.15, -0.1) is 10.2 Å². The summed E-state index contributed by atoms with van der Waals surface area (Å²) in [7, 11) is 0. The molecule has 11 heteroatoms. The average Bonchev–Trinajstić information content (AvgIpc) is 3.18. The van der Waals surface area contributed by atoms with E-state index in [1.54, 1.807) is 12.1 Å². The summed E-state index contributed by atoms with van der Waals surface area (Å²) in [5.41, 5.74) is 4.93. The first-order valence-corrected chi connectivity index (χ1v) is 9.54. The van der Waals surface area contributed by atoms with E-state index in [2.05, 4.69) is 21.0 Å². The topological polar surface area (TPSA) is 106 Å². The van der Waals surface area contributed by atoms with Gasteiger partial charge >= 0.3 is 0 Å². The van der Waals surface area contributed by atoms with Crippen molar-refractivity contribution in [3.63, 3.8) is 0 Å². The predicted molar refractivity (Wildman–Crippen MR) is 103 cm³/mol. The van der Waals surface area contributed by atoms with Crippen LogP contribution in [0, 0.1) is 5.82 Å². The summed E-state index contributed by atoms with van der Waals surface area (Å²) in [5, 5.41) is 8.26. The van der Waals surface area contributed by atoms with Crippen LogP contribution in [-0.2, 0) is 11.4 Å². The highest BCUT2D eigenvalue weighted by atomic mass is 35.5. The summed E-state index contributed by atoms with van der Waals surface area (Å²) in [6, 6.07) is 11.7. The molecule has 2 N–H and O–H groups in total. The number of carbonyl (C=O) groups excluding carboxylic acids is 2. The Bertz CT molecular complexity index is 982. The Morgan fingerprint density at radius 1 is 1.07 bits per heavy atom. The Kier molecular flexibility index (Phi) is 7.04. The molecule has 29 heavy (non-hydrogen) atoms. The van der Waals surface area contributed by atoms with Gasteiger partial charge in [-0.1, -0.05) is 23.4 Å². The molecule has 0 bridgehead atoms. The van der Waals surface area contributed by atoms with Gasteiger partial charge in [0, 0.05) is 10.6 Å². The van der Waals surface area contributed by atoms with E-state index in [4.69, 9.17) is 20.8 Å². The molecule has 1 aromatic heterocycles. The second kappa shape index (κ2) is 9.89. The molecule has 0 saturated carbocycles. The second-order valence-electron chi connectivity index (χ2n) is 5.50. The molecule has 150 valence electrons. The van der Waals surface area contributed by atoms with E-state index in [1.807, 2.05) is 0 Å². The van der Waals surface area contributed by atoms with Gasteiger partial charge in [0.15, 0.2) is 6.61 Å². The van der Waals surface area contributed by atoms with Gasteiger partial charge in [-0.25, -0.2) is 4.39 Å². The van der Waals surface area contributed by atoms with E-state index in [0.29, 0.717) is 16.3 Å². The molecule has 0 aliphatic heterocycles. The molecule has 0 unspecified atom stereocenters. The number of thioether (sulfide) groups is 1. The number of amides is 2. The number of hydrogen-bond acceptors (Lipinski definition) is 7. The summed E-state index contributed by atoms with van der Waals surface area (Å²) in [5.74, 6) is -0.696. The number of hydrazine groups is 1. The number of benzene rings is 2. The van der Waals surface area contributed by atoms with Crippen LogP contribution in [0.5, 0.6) is 5.75 Å². The van der Waals surface area contributed by atoms with Crippen molar-refractivity contribution in [2.75, 3.05) is 5.75 Å². The van der Waals surface area contributed by atoms with E-state index in [1.165, 1.54) is 36.4 Å². The largest absolute Gasteiger partial charge is 0.484 e. The predicted octanol–water partition coefficient (Wildman–Crippen LogP) is 2.99. The van der Waals surface area contributed by atoms with Crippen LogP contribution in [0.1, 0.15) is 16.2 Å². The highest BCUT2D eigenvalue weighted by Gasteiger charge is 2.12. The Hall–Kier alpha value is -3.11. The van der Waals surface area contributed by atoms with Crippen LogP contribution in [0.4, 0.5) is 4.39 Å². The Morgan fingerprint density at radius 2 is 1.79 bits per heavy atom. The third-order valence-electron chi connectivity index (χ3n) is 3.37. The molecule has 3 aromatic rings. The lowest BCUT2D eigenvalue weighted by Crippen LogP contribution is -2.42. The number of rotatable bonds is 7. The zero-order valence-electron chi connectivity index (χ0n) is 14.7. The fourth-order valence-corrected chi connectivity index (χ4v) is 2.70. The van der Waals surface area contributed by atoms with Gasteiger partial charge in [-0.05, 0) is 48.5 Å². The van der Waals surface area contributed by atoms with Gasteiger partial charge < -0.3 is 9.15 Å². The first-order chi connectivity index (χ1) is 14.0. The quantitative estimate of drug-likeness (QED) is 0.433. The normalized spacial score (nSPS) is 10.4. The molecule has 1 heterocycles. The summed E-state index contributed by atoms with van der Waals surface area (Å²) in [6.45, 7) is 0.00252. The molecule has 3 rings (SSSR count). The molecule has 2 aromatic carbocycles. The lowest BCUT2D eigenvalue weighted by atomic mass is 10.2. The van der Waals surface area contributed by atoms with Crippen LogP contribution in [0.25, 0.3) is 0 Å². The summed E-state index contributed by atoms with van der Waals surface area (Å²) in [6.07, 6.45) is 0. The maximum Gasteiger partial charge on any atom is 0.277 e. The van der Waals surface area contributed by atoms with Crippen molar-refractivity contribution < 1.29 is 23.1 Å². The molecule has 2 amide bonds. The number of nitrogens with one attached hydrogen (secondary N) is 2. The maximum atomic E-state index is 12.8. The van der Waals surface area contributed by atoms with Crippen LogP contribution in [-0.4, -0.2) is 27.8 Å². The van der Waals surface area contributed by atoms with E-state index >= 15 is 0 Å². The fourth-order valence-electron chi connectivity index (χ4n) is 1.99. The molecular weight excluding hydrogens is 423 g/mol. The lowest BCUT2D eigenvalue weighted by Gasteiger charge is -2.06. The van der Waals surface area contributed by atoms with Gasteiger partial charge in [0.1, 0.15) is 11.6 Å². The number of halogens is 2. The molecule has 8 nitrogen and oxygen atoms in total. The second-order valence-corrected chi connectivity index (χ2v) is 6.87. The third kappa shape index (κ3) is 6.47. The highest BCUT2D eigenvalue weighted by Crippen LogP contribution is 2.17. The minimum Gasteiger partial charge on any atom is -0.484 e. The van der Waals surface area contributed by atoms with Gasteiger partial charge in [0.25, 0.3) is 17.0 Å². The van der Waals surface area contributed by atoms with Crippen LogP contribution in [0.15, 0.2) is 58.2 Å². The summed E-state index contributed by atoms with van der Waals surface area (Å²) >= 11 is 6.75. The van der Waals surface area contributed by atoms with Gasteiger partial charge in [0.2, 0.25) is 5.91 Å². The molecule has 0 aliphatic rings. The van der Waals surface area contributed by atoms with Gasteiger partial charge in [-0.2, -0.15) is 0 Å². The van der Waals surface area contributed by atoms with Crippen molar-refractivity contribution in [2.45, 2.75) is 11.8 Å². The molecule has 0 fully saturated rings. The SMILES string of the molecule is O=C(CSc1nnc(COc2ccc(F)cc2)o1)NNC(=O)c1ccc(Cl)cc1. The Morgan fingerprint density at radius 3 is 2.52 bits per heavy atom. The summed E-state index contributed by atoms with van der Waals surface area (Å²) < 4.78 is 23.6. The minimum atomic E-state index is -0.474. The monoisotopic (exact) mass is 436 g/mol. The van der Waals surface area contributed by atoms with E-state index in [0.717, 1.165) is 11.8 Å². The smallest absolute Gasteiger partial charge is 0.277 e. The molecule has 0 spiro atoms. The van der Waals surface area contributed by atoms with Crippen LogP contribution < -0.4 is 15.6 Å². The number of carbonyl (C=O) groups is 2. The molecule has 0 aliphatic carbocycles. The van der Waals surface area contributed by atoms with Gasteiger partial charge in [-0.3, -0.25) is 20.4 Å². The van der Waals surface area contributed by atoms with E-state index in [-0.39, 0.29) is 29.3 Å². The average molecular weight is 437 g/mol. The van der Waals surface area contributed by atoms with Crippen molar-refractivity contribution in [3.8, 4) is 5.75 Å². The number of aromatic nitrogens is 2. The number of hydrogen-bond donors (Lipinski definition) is 2. The number of ether oxygens (including phenoxy) is 1. The van der Waals surface area contributed by atoms with Crippen molar-refractivity contribution in [1.29, 1.82) is 0 Å². The van der Waals surface area contributed by atoms with Crippen molar-refractivity contribution >= 4 is 35.2 Å². The zero-order chi connectivity index (χ0) is 20.6.